The molecule has 3 rings (SSSR count). The Balaban J connectivity index is 1.56. The maximum Gasteiger partial charge on any atom is 0.220 e. The number of primary amides is 1. The molecule has 3 nitrogen and oxygen atoms in total. The summed E-state index contributed by atoms with van der Waals surface area (Å²) in [6, 6.07) is 0.840. The monoisotopic (exact) mass is 222 g/mol. The molecule has 0 radical (unpaired) electrons. The highest BCUT2D eigenvalue weighted by Crippen LogP contribution is 2.47. The van der Waals surface area contributed by atoms with Crippen LogP contribution in [0.3, 0.4) is 0 Å². The number of carbonyl (C=O) groups is 1. The molecule has 16 heavy (non-hydrogen) atoms. The number of fused-ring (bicyclic) bond motifs is 2. The van der Waals surface area contributed by atoms with Gasteiger partial charge in [-0.1, -0.05) is 6.42 Å². The van der Waals surface area contributed by atoms with Gasteiger partial charge in [0.05, 0.1) is 0 Å². The van der Waals surface area contributed by atoms with Crippen molar-refractivity contribution >= 4 is 5.91 Å². The molecule has 2 aliphatic carbocycles. The Hall–Kier alpha value is -0.570. The zero-order valence-electron chi connectivity index (χ0n) is 9.90. The van der Waals surface area contributed by atoms with Gasteiger partial charge in [0.2, 0.25) is 5.91 Å². The molecule has 0 spiro atoms. The first kappa shape index (κ1) is 10.6. The van der Waals surface area contributed by atoms with Crippen LogP contribution in [-0.4, -0.2) is 29.9 Å². The van der Waals surface area contributed by atoms with E-state index < -0.39 is 0 Å². The van der Waals surface area contributed by atoms with Gasteiger partial charge in [-0.3, -0.25) is 4.79 Å². The molecular formula is C13H22N2O. The lowest BCUT2D eigenvalue weighted by Crippen LogP contribution is -2.45. The van der Waals surface area contributed by atoms with Crippen molar-refractivity contribution in [2.75, 3.05) is 13.1 Å². The number of nitrogens with two attached hydrogens (primary N) is 1. The largest absolute Gasteiger partial charge is 0.369 e. The van der Waals surface area contributed by atoms with Crippen molar-refractivity contribution in [2.45, 2.75) is 44.6 Å². The van der Waals surface area contributed by atoms with Gasteiger partial charge < -0.3 is 10.6 Å². The summed E-state index contributed by atoms with van der Waals surface area (Å²) in [5.74, 6) is 2.04. The van der Waals surface area contributed by atoms with Gasteiger partial charge in [0, 0.05) is 12.0 Å². The highest BCUT2D eigenvalue weighted by molar-refractivity contribution is 5.76. The van der Waals surface area contributed by atoms with Crippen molar-refractivity contribution in [2.24, 2.45) is 23.5 Å². The highest BCUT2D eigenvalue weighted by atomic mass is 16.1. The Bertz CT molecular complexity index is 284. The van der Waals surface area contributed by atoms with Crippen LogP contribution in [0.2, 0.25) is 0 Å². The molecule has 3 unspecified atom stereocenters. The Morgan fingerprint density at radius 3 is 2.31 bits per heavy atom. The lowest BCUT2D eigenvalue weighted by molar-refractivity contribution is -0.123. The molecule has 2 bridgehead atoms. The molecule has 3 fully saturated rings. The van der Waals surface area contributed by atoms with Crippen molar-refractivity contribution in [3.05, 3.63) is 0 Å². The van der Waals surface area contributed by atoms with Crippen molar-refractivity contribution < 1.29 is 4.79 Å². The van der Waals surface area contributed by atoms with E-state index in [4.69, 9.17) is 5.73 Å². The number of amides is 1. The average Bonchev–Trinajstić information content (AvgIpc) is 2.91. The summed E-state index contributed by atoms with van der Waals surface area (Å²) in [6.07, 6.45) is 7.79. The number of hydrogen-bond donors (Lipinski definition) is 1. The van der Waals surface area contributed by atoms with Gasteiger partial charge >= 0.3 is 0 Å². The van der Waals surface area contributed by atoms with Crippen molar-refractivity contribution in [1.82, 2.24) is 4.90 Å². The molecular weight excluding hydrogens is 200 g/mol. The van der Waals surface area contributed by atoms with Crippen molar-refractivity contribution in [3.8, 4) is 0 Å². The zero-order valence-corrected chi connectivity index (χ0v) is 9.90. The van der Waals surface area contributed by atoms with Crippen molar-refractivity contribution in [3.63, 3.8) is 0 Å². The topological polar surface area (TPSA) is 46.3 Å². The number of carbonyl (C=O) groups excluding carboxylic acids is 1. The van der Waals surface area contributed by atoms with Crippen LogP contribution in [0.4, 0.5) is 0 Å². The molecule has 1 amide bonds. The van der Waals surface area contributed by atoms with Gasteiger partial charge in [-0.25, -0.2) is 0 Å². The number of likely N-dealkylation sites (tertiary alicyclic amines) is 1. The number of hydrogen-bond acceptors (Lipinski definition) is 2. The summed E-state index contributed by atoms with van der Waals surface area (Å²) in [5, 5.41) is 0. The third-order valence-corrected chi connectivity index (χ3v) is 5.10. The van der Waals surface area contributed by atoms with Gasteiger partial charge in [0.1, 0.15) is 0 Å². The summed E-state index contributed by atoms with van der Waals surface area (Å²) >= 11 is 0. The maximum absolute atomic E-state index is 11.1. The fraction of sp³-hybridized carbons (Fsp3) is 0.923. The Kier molecular flexibility index (Phi) is 2.66. The molecule has 0 aromatic carbocycles. The molecule has 3 heteroatoms. The molecule has 1 heterocycles. The molecule has 3 atom stereocenters. The van der Waals surface area contributed by atoms with Gasteiger partial charge in [-0.2, -0.15) is 0 Å². The lowest BCUT2D eigenvalue weighted by Gasteiger charge is -2.38. The van der Waals surface area contributed by atoms with Gasteiger partial charge in [-0.15, -0.1) is 0 Å². The van der Waals surface area contributed by atoms with E-state index in [-0.39, 0.29) is 11.8 Å². The molecule has 1 aliphatic heterocycles. The van der Waals surface area contributed by atoms with Crippen LogP contribution in [0.1, 0.15) is 38.5 Å². The number of nitrogens with zero attached hydrogens (tertiary/aromatic N) is 1. The van der Waals surface area contributed by atoms with Crippen LogP contribution in [0.5, 0.6) is 0 Å². The smallest absolute Gasteiger partial charge is 0.220 e. The second kappa shape index (κ2) is 4.02. The molecule has 3 aliphatic rings. The van der Waals surface area contributed by atoms with Gasteiger partial charge in [0.15, 0.2) is 0 Å². The van der Waals surface area contributed by atoms with E-state index in [1.165, 1.54) is 25.7 Å². The van der Waals surface area contributed by atoms with Crippen LogP contribution >= 0.6 is 0 Å². The molecule has 1 saturated heterocycles. The van der Waals surface area contributed by atoms with Crippen LogP contribution in [0, 0.1) is 17.8 Å². The van der Waals surface area contributed by atoms with E-state index >= 15 is 0 Å². The Morgan fingerprint density at radius 1 is 1.06 bits per heavy atom. The first-order valence-corrected chi connectivity index (χ1v) is 6.77. The molecule has 2 saturated carbocycles. The summed E-state index contributed by atoms with van der Waals surface area (Å²) in [7, 11) is 0. The summed E-state index contributed by atoms with van der Waals surface area (Å²) in [5.41, 5.74) is 5.37. The van der Waals surface area contributed by atoms with Crippen LogP contribution < -0.4 is 5.73 Å². The molecule has 0 aromatic heterocycles. The van der Waals surface area contributed by atoms with Crippen LogP contribution in [0.25, 0.3) is 0 Å². The normalized spacial score (nSPS) is 40.4. The second-order valence-electron chi connectivity index (χ2n) is 5.95. The zero-order chi connectivity index (χ0) is 11.1. The first-order valence-electron chi connectivity index (χ1n) is 6.77. The Labute approximate surface area is 97.4 Å². The highest BCUT2D eigenvalue weighted by Gasteiger charge is 2.43. The van der Waals surface area contributed by atoms with Crippen molar-refractivity contribution in [1.29, 1.82) is 0 Å². The minimum absolute atomic E-state index is 0.0902. The Morgan fingerprint density at radius 2 is 1.81 bits per heavy atom. The van der Waals surface area contributed by atoms with Gasteiger partial charge in [0.25, 0.3) is 0 Å². The average molecular weight is 222 g/mol. The molecule has 0 aromatic rings. The van der Waals surface area contributed by atoms with Crippen LogP contribution in [0.15, 0.2) is 0 Å². The standard InChI is InChI=1S/C13H22N2O/c14-13(16)10-3-5-15(6-4-10)12-8-9-1-2-11(12)7-9/h9-12H,1-8H2,(H2,14,16). The minimum atomic E-state index is -0.0902. The predicted octanol–water partition coefficient (Wildman–Crippen LogP) is 1.37. The molecule has 90 valence electrons. The number of rotatable bonds is 2. The van der Waals surface area contributed by atoms with E-state index in [1.54, 1.807) is 0 Å². The van der Waals surface area contributed by atoms with E-state index in [0.717, 1.165) is 43.8 Å². The van der Waals surface area contributed by atoms with Gasteiger partial charge in [-0.05, 0) is 57.0 Å². The summed E-state index contributed by atoms with van der Waals surface area (Å²) in [6.45, 7) is 2.20. The second-order valence-corrected chi connectivity index (χ2v) is 5.95. The maximum atomic E-state index is 11.1. The van der Waals surface area contributed by atoms with E-state index in [0.29, 0.717) is 0 Å². The van der Waals surface area contributed by atoms with E-state index in [9.17, 15) is 4.79 Å². The fourth-order valence-electron chi connectivity index (χ4n) is 4.17. The molecule has 2 N–H and O–H groups in total. The SMILES string of the molecule is NC(=O)C1CCN(C2CC3CCC2C3)CC1. The quantitative estimate of drug-likeness (QED) is 0.767. The summed E-state index contributed by atoms with van der Waals surface area (Å²) < 4.78 is 0. The minimum Gasteiger partial charge on any atom is -0.369 e. The van der Waals surface area contributed by atoms with Crippen LogP contribution in [-0.2, 0) is 4.79 Å². The number of piperidine rings is 1. The third-order valence-electron chi connectivity index (χ3n) is 5.10. The first-order chi connectivity index (χ1) is 7.74. The van der Waals surface area contributed by atoms with E-state index in [2.05, 4.69) is 4.90 Å². The predicted molar refractivity (Wildman–Crippen MR) is 62.7 cm³/mol. The lowest BCUT2D eigenvalue weighted by atomic mass is 9.90. The van der Waals surface area contributed by atoms with E-state index in [1.807, 2.05) is 0 Å². The summed E-state index contributed by atoms with van der Waals surface area (Å²) in [4.78, 5) is 13.8. The third kappa shape index (κ3) is 1.75. The fourth-order valence-corrected chi connectivity index (χ4v) is 4.17.